The Kier molecular flexibility index (Phi) is 5.07. The van der Waals surface area contributed by atoms with Crippen molar-refractivity contribution in [1.29, 1.82) is 0 Å². The second-order valence-corrected chi connectivity index (χ2v) is 7.85. The van der Waals surface area contributed by atoms with Crippen LogP contribution in [0.15, 0.2) is 35.7 Å². The first kappa shape index (κ1) is 17.3. The molecule has 4 rings (SSSR count). The molecule has 0 radical (unpaired) electrons. The lowest BCUT2D eigenvalue weighted by Gasteiger charge is -2.32. The number of nitrogens with zero attached hydrogens (tertiary/aromatic N) is 3. The summed E-state index contributed by atoms with van der Waals surface area (Å²) in [7, 11) is 2.13. The summed E-state index contributed by atoms with van der Waals surface area (Å²) in [6.45, 7) is 3.06. The summed E-state index contributed by atoms with van der Waals surface area (Å²) in [5.74, 6) is 7.39. The molecule has 0 amide bonds. The fourth-order valence-electron chi connectivity index (χ4n) is 3.83. The lowest BCUT2D eigenvalue weighted by atomic mass is 9.97. The van der Waals surface area contributed by atoms with Gasteiger partial charge in [-0.05, 0) is 37.6 Å². The van der Waals surface area contributed by atoms with Gasteiger partial charge in [-0.1, -0.05) is 24.0 Å². The number of aromatic nitrogens is 2. The van der Waals surface area contributed by atoms with Gasteiger partial charge in [-0.2, -0.15) is 0 Å². The normalized spacial score (nSPS) is 18.0. The second kappa shape index (κ2) is 7.63. The quantitative estimate of drug-likeness (QED) is 0.724. The lowest BCUT2D eigenvalue weighted by Crippen LogP contribution is -2.34. The minimum Gasteiger partial charge on any atom is -0.384 e. The highest BCUT2D eigenvalue weighted by molar-refractivity contribution is 7.10. The molecule has 1 saturated heterocycles. The SMILES string of the molecule is Cn1c(C2CCCN(Cc3cc(C#CCO)cs3)C2)nc2ccccc21. The monoisotopic (exact) mass is 365 g/mol. The highest BCUT2D eigenvalue weighted by Crippen LogP contribution is 2.30. The van der Waals surface area contributed by atoms with Crippen molar-refractivity contribution < 1.29 is 5.11 Å². The zero-order chi connectivity index (χ0) is 17.9. The third kappa shape index (κ3) is 3.54. The Labute approximate surface area is 158 Å². The van der Waals surface area contributed by atoms with Crippen molar-refractivity contribution in [1.82, 2.24) is 14.5 Å². The van der Waals surface area contributed by atoms with Gasteiger partial charge in [-0.3, -0.25) is 4.90 Å². The van der Waals surface area contributed by atoms with E-state index in [0.717, 1.165) is 30.7 Å². The van der Waals surface area contributed by atoms with Crippen LogP contribution in [-0.4, -0.2) is 39.3 Å². The van der Waals surface area contributed by atoms with Crippen molar-refractivity contribution in [2.45, 2.75) is 25.3 Å². The number of aliphatic hydroxyl groups excluding tert-OH is 1. The standard InChI is InChI=1S/C21H23N3OS/c1-23-20-9-3-2-8-19(20)22-21(23)17-7-4-10-24(13-17)14-18-12-16(15-26-18)6-5-11-25/h2-3,8-9,12,15,17,25H,4,7,10-11,13-14H2,1H3. The van der Waals surface area contributed by atoms with Gasteiger partial charge in [0.15, 0.2) is 0 Å². The number of para-hydroxylation sites is 2. The van der Waals surface area contributed by atoms with Gasteiger partial charge >= 0.3 is 0 Å². The number of hydrogen-bond acceptors (Lipinski definition) is 4. The second-order valence-electron chi connectivity index (χ2n) is 6.85. The lowest BCUT2D eigenvalue weighted by molar-refractivity contribution is 0.197. The summed E-state index contributed by atoms with van der Waals surface area (Å²) in [5, 5.41) is 10.9. The molecular formula is C21H23N3OS. The highest BCUT2D eigenvalue weighted by atomic mass is 32.1. The Morgan fingerprint density at radius 2 is 2.23 bits per heavy atom. The summed E-state index contributed by atoms with van der Waals surface area (Å²) in [4.78, 5) is 8.77. The molecule has 134 valence electrons. The molecule has 5 heteroatoms. The average molecular weight is 366 g/mol. The number of fused-ring (bicyclic) bond motifs is 1. The van der Waals surface area contributed by atoms with Gasteiger partial charge in [0.25, 0.3) is 0 Å². The molecule has 26 heavy (non-hydrogen) atoms. The zero-order valence-electron chi connectivity index (χ0n) is 15.0. The van der Waals surface area contributed by atoms with Crippen LogP contribution in [0, 0.1) is 11.8 Å². The van der Waals surface area contributed by atoms with E-state index >= 15 is 0 Å². The zero-order valence-corrected chi connectivity index (χ0v) is 15.8. The molecule has 1 aliphatic rings. The third-order valence-corrected chi connectivity index (χ3v) is 5.96. The van der Waals surface area contributed by atoms with E-state index in [0.29, 0.717) is 5.92 Å². The number of benzene rings is 1. The fourth-order valence-corrected chi connectivity index (χ4v) is 4.69. The van der Waals surface area contributed by atoms with Crippen molar-refractivity contribution in [3.63, 3.8) is 0 Å². The molecule has 1 aromatic carbocycles. The molecule has 1 unspecified atom stereocenters. The number of aryl methyl sites for hydroxylation is 1. The number of hydrogen-bond donors (Lipinski definition) is 1. The van der Waals surface area contributed by atoms with Gasteiger partial charge in [0, 0.05) is 41.9 Å². The van der Waals surface area contributed by atoms with Gasteiger partial charge in [0.05, 0.1) is 11.0 Å². The Balaban J connectivity index is 1.48. The number of aliphatic hydroxyl groups is 1. The van der Waals surface area contributed by atoms with E-state index in [9.17, 15) is 0 Å². The van der Waals surface area contributed by atoms with Crippen molar-refractivity contribution >= 4 is 22.4 Å². The number of imidazole rings is 1. The molecule has 1 aliphatic heterocycles. The fraction of sp³-hybridized carbons (Fsp3) is 0.381. The molecular weight excluding hydrogens is 342 g/mol. The minimum absolute atomic E-state index is 0.0863. The van der Waals surface area contributed by atoms with Gasteiger partial charge in [-0.25, -0.2) is 4.98 Å². The largest absolute Gasteiger partial charge is 0.384 e. The molecule has 0 saturated carbocycles. The molecule has 4 nitrogen and oxygen atoms in total. The molecule has 1 atom stereocenters. The van der Waals surface area contributed by atoms with Crippen LogP contribution in [0.3, 0.4) is 0 Å². The molecule has 1 N–H and O–H groups in total. The Bertz CT molecular complexity index is 962. The van der Waals surface area contributed by atoms with Crippen LogP contribution in [0.2, 0.25) is 0 Å². The van der Waals surface area contributed by atoms with Crippen molar-refractivity contribution in [2.24, 2.45) is 7.05 Å². The number of likely N-dealkylation sites (tertiary alicyclic amines) is 1. The predicted octanol–water partition coefficient (Wildman–Crippen LogP) is 3.36. The Morgan fingerprint density at radius 1 is 1.35 bits per heavy atom. The number of rotatable bonds is 3. The molecule has 1 fully saturated rings. The minimum atomic E-state index is -0.0863. The summed E-state index contributed by atoms with van der Waals surface area (Å²) in [6, 6.07) is 10.5. The van der Waals surface area contributed by atoms with Crippen molar-refractivity contribution in [3.05, 3.63) is 52.0 Å². The first-order chi connectivity index (χ1) is 12.7. The van der Waals surface area contributed by atoms with E-state index in [1.807, 2.05) is 0 Å². The van der Waals surface area contributed by atoms with Crippen LogP contribution in [0.4, 0.5) is 0 Å². The molecule has 3 aromatic rings. The first-order valence-corrected chi connectivity index (χ1v) is 9.93. The van der Waals surface area contributed by atoms with Crippen LogP contribution in [0.5, 0.6) is 0 Å². The first-order valence-electron chi connectivity index (χ1n) is 9.05. The average Bonchev–Trinajstić information content (AvgIpc) is 3.25. The Hall–Kier alpha value is -2.13. The molecule has 0 aliphatic carbocycles. The van der Waals surface area contributed by atoms with Crippen LogP contribution < -0.4 is 0 Å². The van der Waals surface area contributed by atoms with Gasteiger partial charge in [-0.15, -0.1) is 11.3 Å². The maximum atomic E-state index is 8.82. The Morgan fingerprint density at radius 3 is 3.08 bits per heavy atom. The molecule has 2 aromatic heterocycles. The number of thiophene rings is 1. The molecule has 0 bridgehead atoms. The molecule has 0 spiro atoms. The van der Waals surface area contributed by atoms with Gasteiger partial charge in [0.2, 0.25) is 0 Å². The van der Waals surface area contributed by atoms with Crippen LogP contribution in [0.25, 0.3) is 11.0 Å². The van der Waals surface area contributed by atoms with Crippen LogP contribution in [0.1, 0.15) is 35.0 Å². The van der Waals surface area contributed by atoms with E-state index in [4.69, 9.17) is 10.1 Å². The number of piperidine rings is 1. The third-order valence-electron chi connectivity index (χ3n) is 5.04. The predicted molar refractivity (Wildman–Crippen MR) is 106 cm³/mol. The van der Waals surface area contributed by atoms with E-state index < -0.39 is 0 Å². The van der Waals surface area contributed by atoms with Crippen LogP contribution >= 0.6 is 11.3 Å². The maximum Gasteiger partial charge on any atom is 0.114 e. The van der Waals surface area contributed by atoms with Gasteiger partial charge in [0.1, 0.15) is 12.4 Å². The summed E-state index contributed by atoms with van der Waals surface area (Å²) in [5.41, 5.74) is 3.31. The summed E-state index contributed by atoms with van der Waals surface area (Å²) in [6.07, 6.45) is 2.40. The van der Waals surface area contributed by atoms with Gasteiger partial charge < -0.3 is 9.67 Å². The van der Waals surface area contributed by atoms with Crippen LogP contribution in [-0.2, 0) is 13.6 Å². The van der Waals surface area contributed by atoms with Crippen molar-refractivity contribution in [2.75, 3.05) is 19.7 Å². The smallest absolute Gasteiger partial charge is 0.114 e. The van der Waals surface area contributed by atoms with E-state index in [1.165, 1.54) is 29.1 Å². The summed E-state index contributed by atoms with van der Waals surface area (Å²) >= 11 is 1.75. The molecule has 3 heterocycles. The van der Waals surface area contributed by atoms with Crippen molar-refractivity contribution in [3.8, 4) is 11.8 Å². The summed E-state index contributed by atoms with van der Waals surface area (Å²) < 4.78 is 2.26. The van der Waals surface area contributed by atoms with E-state index in [-0.39, 0.29) is 6.61 Å². The van der Waals surface area contributed by atoms with E-state index in [1.54, 1.807) is 11.3 Å². The van der Waals surface area contributed by atoms with E-state index in [2.05, 4.69) is 64.1 Å². The maximum absolute atomic E-state index is 8.82. The highest BCUT2D eigenvalue weighted by Gasteiger charge is 2.25. The topological polar surface area (TPSA) is 41.3 Å².